The molecule has 0 aromatic carbocycles. The third-order valence-electron chi connectivity index (χ3n) is 0.626. The van der Waals surface area contributed by atoms with Gasteiger partial charge in [-0.2, -0.15) is 4.99 Å². The molecule has 10 heavy (non-hydrogen) atoms. The minimum absolute atomic E-state index is 0.604. The van der Waals surface area contributed by atoms with E-state index in [0.29, 0.717) is 5.17 Å². The molecule has 2 nitrogen and oxygen atoms in total. The fraction of sp³-hybridized carbons (Fsp3) is 0.286. The molecule has 0 amide bonds. The second-order valence-corrected chi connectivity index (χ2v) is 2.50. The number of hydrogen-bond acceptors (Lipinski definition) is 2. The molecule has 52 valence electrons. The first-order valence-electron chi connectivity index (χ1n) is 2.72. The van der Waals surface area contributed by atoms with Gasteiger partial charge in [0.1, 0.15) is 0 Å². The predicted octanol–water partition coefficient (Wildman–Crippen LogP) is 0.867. The maximum atomic E-state index is 4.97. The number of rotatable bonds is 1. The first-order chi connectivity index (χ1) is 4.85. The topological polar surface area (TPSA) is 24.4 Å². The molecular formula is C7H8N2S. The molecule has 0 aliphatic heterocycles. The van der Waals surface area contributed by atoms with Crippen molar-refractivity contribution >= 4 is 16.9 Å². The first kappa shape index (κ1) is 8.94. The lowest BCUT2D eigenvalue weighted by molar-refractivity contribution is 1.37. The zero-order valence-corrected chi connectivity index (χ0v) is 6.53. The monoisotopic (exact) mass is 152 g/mol. The predicted molar refractivity (Wildman–Crippen MR) is 46.4 cm³/mol. The number of terminal acetylenes is 2. The summed E-state index contributed by atoms with van der Waals surface area (Å²) in [5.41, 5.74) is 0. The van der Waals surface area contributed by atoms with Crippen molar-refractivity contribution in [1.29, 1.82) is 0 Å². The van der Waals surface area contributed by atoms with Gasteiger partial charge in [-0.1, -0.05) is 31.5 Å². The van der Waals surface area contributed by atoms with Crippen LogP contribution in [0.2, 0.25) is 0 Å². The van der Waals surface area contributed by atoms with Crippen molar-refractivity contribution in [2.75, 3.05) is 5.75 Å². The van der Waals surface area contributed by atoms with Crippen LogP contribution in [0.15, 0.2) is 4.99 Å². The summed E-state index contributed by atoms with van der Waals surface area (Å²) in [6.45, 7) is 1.99. The summed E-state index contributed by atoms with van der Waals surface area (Å²) >= 11 is 1.48. The summed E-state index contributed by atoms with van der Waals surface area (Å²) in [6.07, 6.45) is 9.90. The maximum absolute atomic E-state index is 4.97. The highest BCUT2D eigenvalue weighted by Gasteiger charge is 1.91. The standard InChI is InChI=1S/C7H8N2S/c1-4-8-7(9-5-2)10-6-3/h1-2H,6H2,3H3,(H,8,9). The second kappa shape index (κ2) is 6.07. The highest BCUT2D eigenvalue weighted by molar-refractivity contribution is 8.13. The molecule has 0 aromatic heterocycles. The molecule has 0 aliphatic carbocycles. The molecule has 0 heterocycles. The van der Waals surface area contributed by atoms with E-state index < -0.39 is 0 Å². The Balaban J connectivity index is 3.90. The van der Waals surface area contributed by atoms with Gasteiger partial charge in [-0.25, -0.2) is 0 Å². The Morgan fingerprint density at radius 2 is 2.40 bits per heavy atom. The van der Waals surface area contributed by atoms with Crippen LogP contribution in [-0.4, -0.2) is 10.9 Å². The number of amidine groups is 1. The summed E-state index contributed by atoms with van der Waals surface area (Å²) in [5.74, 6) is 0.898. The molecule has 1 N–H and O–H groups in total. The minimum Gasteiger partial charge on any atom is -0.293 e. The Morgan fingerprint density at radius 3 is 2.80 bits per heavy atom. The molecular weight excluding hydrogens is 144 g/mol. The number of hydrogen-bond donors (Lipinski definition) is 1. The lowest BCUT2D eigenvalue weighted by Gasteiger charge is -1.96. The van der Waals surface area contributed by atoms with Crippen LogP contribution in [-0.2, 0) is 0 Å². The molecule has 3 heteroatoms. The average Bonchev–Trinajstić information content (AvgIpc) is 1.90. The highest BCUT2D eigenvalue weighted by Crippen LogP contribution is 1.98. The van der Waals surface area contributed by atoms with Gasteiger partial charge in [0, 0.05) is 12.1 Å². The van der Waals surface area contributed by atoms with Crippen LogP contribution in [0.1, 0.15) is 6.92 Å². The lowest BCUT2D eigenvalue weighted by Crippen LogP contribution is -2.13. The first-order valence-corrected chi connectivity index (χ1v) is 3.71. The van der Waals surface area contributed by atoms with E-state index in [1.165, 1.54) is 11.8 Å². The number of nitrogens with zero attached hydrogens (tertiary/aromatic N) is 1. The van der Waals surface area contributed by atoms with Gasteiger partial charge in [0.05, 0.1) is 0 Å². The van der Waals surface area contributed by atoms with Crippen molar-refractivity contribution in [3.05, 3.63) is 0 Å². The van der Waals surface area contributed by atoms with Crippen LogP contribution < -0.4 is 5.32 Å². The van der Waals surface area contributed by atoms with Gasteiger partial charge in [0.2, 0.25) is 0 Å². The molecule has 0 fully saturated rings. The molecule has 0 saturated carbocycles. The van der Waals surface area contributed by atoms with Gasteiger partial charge >= 0.3 is 0 Å². The molecule has 0 bridgehead atoms. The van der Waals surface area contributed by atoms with Crippen molar-refractivity contribution in [3.8, 4) is 24.9 Å². The zero-order chi connectivity index (χ0) is 7.82. The third-order valence-corrected chi connectivity index (χ3v) is 1.38. The molecule has 0 spiro atoms. The van der Waals surface area contributed by atoms with Crippen molar-refractivity contribution < 1.29 is 0 Å². The summed E-state index contributed by atoms with van der Waals surface area (Å²) in [6, 6.07) is 4.39. The smallest absolute Gasteiger partial charge is 0.182 e. The quantitative estimate of drug-likeness (QED) is 0.261. The van der Waals surface area contributed by atoms with Gasteiger partial charge in [-0.15, -0.1) is 0 Å². The summed E-state index contributed by atoms with van der Waals surface area (Å²) in [7, 11) is 0. The van der Waals surface area contributed by atoms with E-state index in [1.807, 2.05) is 6.92 Å². The zero-order valence-electron chi connectivity index (χ0n) is 5.72. The van der Waals surface area contributed by atoms with E-state index in [0.717, 1.165) is 5.75 Å². The summed E-state index contributed by atoms with van der Waals surface area (Å²) < 4.78 is 0. The molecule has 0 aliphatic rings. The van der Waals surface area contributed by atoms with Gasteiger partial charge < -0.3 is 0 Å². The fourth-order valence-corrected chi connectivity index (χ4v) is 0.875. The van der Waals surface area contributed by atoms with E-state index in [2.05, 4.69) is 22.4 Å². The van der Waals surface area contributed by atoms with Crippen LogP contribution >= 0.6 is 11.8 Å². The van der Waals surface area contributed by atoms with Gasteiger partial charge in [0.15, 0.2) is 5.17 Å². The highest BCUT2D eigenvalue weighted by atomic mass is 32.2. The number of nitrogens with one attached hydrogen (secondary N) is 1. The lowest BCUT2D eigenvalue weighted by atomic mass is 11.0. The van der Waals surface area contributed by atoms with Crippen molar-refractivity contribution in [2.24, 2.45) is 4.99 Å². The van der Waals surface area contributed by atoms with Crippen LogP contribution in [0, 0.1) is 24.9 Å². The van der Waals surface area contributed by atoms with E-state index in [9.17, 15) is 0 Å². The van der Waals surface area contributed by atoms with E-state index in [4.69, 9.17) is 12.8 Å². The normalized spacial score (nSPS) is 9.70. The molecule has 0 rings (SSSR count). The van der Waals surface area contributed by atoms with Crippen LogP contribution in [0.3, 0.4) is 0 Å². The van der Waals surface area contributed by atoms with Crippen molar-refractivity contribution in [3.63, 3.8) is 0 Å². The minimum atomic E-state index is 0.604. The summed E-state index contributed by atoms with van der Waals surface area (Å²) in [4.78, 5) is 3.66. The Labute approximate surface area is 65.5 Å². The largest absolute Gasteiger partial charge is 0.293 e. The van der Waals surface area contributed by atoms with Crippen LogP contribution in [0.25, 0.3) is 0 Å². The van der Waals surface area contributed by atoms with Crippen molar-refractivity contribution in [1.82, 2.24) is 5.32 Å². The Kier molecular flexibility index (Phi) is 5.42. The Morgan fingerprint density at radius 1 is 1.70 bits per heavy atom. The Hall–Kier alpha value is -1.06. The van der Waals surface area contributed by atoms with Gasteiger partial charge in [-0.3, -0.25) is 5.32 Å². The molecule has 0 aromatic rings. The fourth-order valence-electron chi connectivity index (χ4n) is 0.353. The van der Waals surface area contributed by atoms with Gasteiger partial charge in [0.25, 0.3) is 0 Å². The van der Waals surface area contributed by atoms with Gasteiger partial charge in [-0.05, 0) is 5.75 Å². The number of thioether (sulfide) groups is 1. The molecule has 0 atom stereocenters. The molecule has 0 radical (unpaired) electrons. The van der Waals surface area contributed by atoms with Crippen LogP contribution in [0.4, 0.5) is 0 Å². The third kappa shape index (κ3) is 3.88. The van der Waals surface area contributed by atoms with E-state index in [-0.39, 0.29) is 0 Å². The van der Waals surface area contributed by atoms with Crippen molar-refractivity contribution in [2.45, 2.75) is 6.92 Å². The average molecular weight is 152 g/mol. The Bertz CT molecular complexity index is 195. The number of aliphatic imine (C=N–C) groups is 1. The molecule has 0 unspecified atom stereocenters. The van der Waals surface area contributed by atoms with E-state index >= 15 is 0 Å². The second-order valence-electron chi connectivity index (χ2n) is 1.25. The summed E-state index contributed by atoms with van der Waals surface area (Å²) in [5, 5.41) is 3.19. The van der Waals surface area contributed by atoms with E-state index in [1.54, 1.807) is 0 Å². The SMILES string of the molecule is C#CN=C(NC#C)SCC. The molecule has 0 saturated heterocycles. The van der Waals surface area contributed by atoms with Crippen LogP contribution in [0.5, 0.6) is 0 Å². The maximum Gasteiger partial charge on any atom is 0.182 e.